The van der Waals surface area contributed by atoms with Gasteiger partial charge in [-0.15, -0.1) is 0 Å². The second-order valence-electron chi connectivity index (χ2n) is 8.11. The first-order chi connectivity index (χ1) is 11.8. The molecule has 0 aromatic carbocycles. The maximum Gasteiger partial charge on any atom is 0.389 e. The van der Waals surface area contributed by atoms with Gasteiger partial charge in [0.25, 0.3) is 0 Å². The molecule has 144 valence electrons. The third-order valence-corrected chi connectivity index (χ3v) is 6.34. The minimum atomic E-state index is -4.30. The fraction of sp³-hybridized carbons (Fsp3) is 0.944. The number of piperidine rings is 2. The number of carbonyl (C=O) groups excluding carboxylic acids is 1. The smallest absolute Gasteiger partial charge is 0.389 e. The number of carbonyl (C=O) groups is 1. The number of amides is 1. The van der Waals surface area contributed by atoms with Crippen LogP contribution in [0.1, 0.15) is 57.8 Å². The third kappa shape index (κ3) is 4.48. The van der Waals surface area contributed by atoms with Gasteiger partial charge in [-0.2, -0.15) is 13.2 Å². The molecule has 1 spiro atoms. The SMILES string of the molecule is O=C(CCC(F)(F)F)N1CCC[C@]2(C1)CN(C1CCCC1)CC[C@H]2O. The maximum atomic E-state index is 12.4. The molecule has 2 atom stereocenters. The van der Waals surface area contributed by atoms with Crippen molar-refractivity contribution in [2.24, 2.45) is 5.41 Å². The average Bonchev–Trinajstić information content (AvgIpc) is 3.09. The van der Waals surface area contributed by atoms with Crippen LogP contribution in [0.4, 0.5) is 13.2 Å². The molecule has 3 rings (SSSR count). The van der Waals surface area contributed by atoms with Crippen LogP contribution in [0.2, 0.25) is 0 Å². The number of halogens is 3. The lowest BCUT2D eigenvalue weighted by Gasteiger charge is -2.52. The standard InChI is InChI=1S/C18H29F3N2O2/c19-18(20,21)9-6-16(25)23-10-3-8-17(13-23)12-22(11-7-15(17)24)14-4-1-2-5-14/h14-15,24H,1-13H2/t15-,17-/m1/s1. The molecule has 7 heteroatoms. The van der Waals surface area contributed by atoms with Crippen LogP contribution in [0, 0.1) is 5.41 Å². The highest BCUT2D eigenvalue weighted by Gasteiger charge is 2.47. The normalized spacial score (nSPS) is 32.5. The first kappa shape index (κ1) is 19.0. The molecule has 0 aromatic heterocycles. The summed E-state index contributed by atoms with van der Waals surface area (Å²) in [5.41, 5.74) is -0.368. The molecule has 1 saturated carbocycles. The maximum absolute atomic E-state index is 12.4. The molecule has 0 aromatic rings. The zero-order valence-corrected chi connectivity index (χ0v) is 14.7. The Hall–Kier alpha value is -0.820. The predicted molar refractivity (Wildman–Crippen MR) is 88.0 cm³/mol. The van der Waals surface area contributed by atoms with Crippen LogP contribution in [-0.2, 0) is 4.79 Å². The Kier molecular flexibility index (Phi) is 5.63. The van der Waals surface area contributed by atoms with Gasteiger partial charge >= 0.3 is 6.18 Å². The van der Waals surface area contributed by atoms with E-state index in [1.54, 1.807) is 4.90 Å². The van der Waals surface area contributed by atoms with E-state index in [2.05, 4.69) is 4.90 Å². The molecule has 3 fully saturated rings. The van der Waals surface area contributed by atoms with Crippen molar-refractivity contribution in [2.45, 2.75) is 76.1 Å². The fourth-order valence-corrected chi connectivity index (χ4v) is 4.95. The van der Waals surface area contributed by atoms with Gasteiger partial charge in [-0.05, 0) is 32.1 Å². The number of aliphatic hydroxyl groups is 1. The lowest BCUT2D eigenvalue weighted by molar-refractivity contribution is -0.155. The van der Waals surface area contributed by atoms with E-state index in [0.29, 0.717) is 25.6 Å². The highest BCUT2D eigenvalue weighted by atomic mass is 19.4. The molecule has 0 radical (unpaired) electrons. The number of nitrogens with zero attached hydrogens (tertiary/aromatic N) is 2. The molecule has 2 heterocycles. The molecule has 2 aliphatic heterocycles. The molecular formula is C18H29F3N2O2. The van der Waals surface area contributed by atoms with Crippen LogP contribution in [0.3, 0.4) is 0 Å². The van der Waals surface area contributed by atoms with Crippen LogP contribution in [-0.4, -0.2) is 65.3 Å². The van der Waals surface area contributed by atoms with Gasteiger partial charge in [0.1, 0.15) is 0 Å². The third-order valence-electron chi connectivity index (χ3n) is 6.34. The molecular weight excluding hydrogens is 333 g/mol. The Labute approximate surface area is 147 Å². The quantitative estimate of drug-likeness (QED) is 0.840. The summed E-state index contributed by atoms with van der Waals surface area (Å²) in [6.07, 6.45) is 0.872. The van der Waals surface area contributed by atoms with Crippen LogP contribution < -0.4 is 0 Å². The van der Waals surface area contributed by atoms with Crippen molar-refractivity contribution in [1.29, 1.82) is 0 Å². The van der Waals surface area contributed by atoms with E-state index in [-0.39, 0.29) is 5.41 Å². The van der Waals surface area contributed by atoms with Gasteiger partial charge in [-0.25, -0.2) is 0 Å². The van der Waals surface area contributed by atoms with Crippen molar-refractivity contribution in [2.75, 3.05) is 26.2 Å². The summed E-state index contributed by atoms with van der Waals surface area (Å²) in [6, 6.07) is 0.570. The number of aliphatic hydroxyl groups excluding tert-OH is 1. The van der Waals surface area contributed by atoms with Gasteiger partial charge in [0.05, 0.1) is 12.5 Å². The van der Waals surface area contributed by atoms with Crippen molar-refractivity contribution in [3.05, 3.63) is 0 Å². The summed E-state index contributed by atoms with van der Waals surface area (Å²) in [5, 5.41) is 10.7. The summed E-state index contributed by atoms with van der Waals surface area (Å²) in [5.74, 6) is -0.429. The van der Waals surface area contributed by atoms with Crippen LogP contribution >= 0.6 is 0 Å². The lowest BCUT2D eigenvalue weighted by atomic mass is 9.71. The molecule has 4 nitrogen and oxygen atoms in total. The zero-order valence-electron chi connectivity index (χ0n) is 14.7. The van der Waals surface area contributed by atoms with E-state index in [0.717, 1.165) is 25.9 Å². The highest BCUT2D eigenvalue weighted by Crippen LogP contribution is 2.41. The fourth-order valence-electron chi connectivity index (χ4n) is 4.95. The second kappa shape index (κ2) is 7.43. The lowest BCUT2D eigenvalue weighted by Crippen LogP contribution is -2.61. The summed E-state index contributed by atoms with van der Waals surface area (Å²) in [7, 11) is 0. The highest BCUT2D eigenvalue weighted by molar-refractivity contribution is 5.76. The molecule has 25 heavy (non-hydrogen) atoms. The molecule has 1 aliphatic carbocycles. The Morgan fingerprint density at radius 1 is 1.08 bits per heavy atom. The van der Waals surface area contributed by atoms with E-state index in [1.807, 2.05) is 0 Å². The van der Waals surface area contributed by atoms with Crippen LogP contribution in [0.25, 0.3) is 0 Å². The van der Waals surface area contributed by atoms with Crippen molar-refractivity contribution in [3.8, 4) is 0 Å². The number of rotatable bonds is 3. The Morgan fingerprint density at radius 2 is 1.80 bits per heavy atom. The Bertz CT molecular complexity index is 479. The van der Waals surface area contributed by atoms with Crippen LogP contribution in [0.5, 0.6) is 0 Å². The first-order valence-corrected chi connectivity index (χ1v) is 9.56. The Morgan fingerprint density at radius 3 is 2.48 bits per heavy atom. The Balaban J connectivity index is 1.64. The van der Waals surface area contributed by atoms with Gasteiger partial charge < -0.3 is 10.0 Å². The summed E-state index contributed by atoms with van der Waals surface area (Å²) in [6.45, 7) is 2.56. The molecule has 3 aliphatic rings. The van der Waals surface area contributed by atoms with Crippen molar-refractivity contribution >= 4 is 5.91 Å². The number of likely N-dealkylation sites (tertiary alicyclic amines) is 2. The number of alkyl halides is 3. The largest absolute Gasteiger partial charge is 0.392 e. The van der Waals surface area contributed by atoms with Gasteiger partial charge in [-0.3, -0.25) is 9.69 Å². The average molecular weight is 362 g/mol. The van der Waals surface area contributed by atoms with Gasteiger partial charge in [0, 0.05) is 44.1 Å². The van der Waals surface area contributed by atoms with Gasteiger partial charge in [0.15, 0.2) is 0 Å². The van der Waals surface area contributed by atoms with Crippen molar-refractivity contribution in [3.63, 3.8) is 0 Å². The monoisotopic (exact) mass is 362 g/mol. The molecule has 0 unspecified atom stereocenters. The molecule has 2 saturated heterocycles. The first-order valence-electron chi connectivity index (χ1n) is 9.56. The van der Waals surface area contributed by atoms with E-state index >= 15 is 0 Å². The van der Waals surface area contributed by atoms with Crippen molar-refractivity contribution in [1.82, 2.24) is 9.80 Å². The molecule has 0 bridgehead atoms. The predicted octanol–water partition coefficient (Wildman–Crippen LogP) is 2.95. The summed E-state index contributed by atoms with van der Waals surface area (Å²) < 4.78 is 37.2. The van der Waals surface area contributed by atoms with Gasteiger partial charge in [0.2, 0.25) is 5.91 Å². The summed E-state index contributed by atoms with van der Waals surface area (Å²) in [4.78, 5) is 16.3. The minimum absolute atomic E-state index is 0.368. The van der Waals surface area contributed by atoms with E-state index in [9.17, 15) is 23.1 Å². The van der Waals surface area contributed by atoms with E-state index in [1.165, 1.54) is 25.7 Å². The van der Waals surface area contributed by atoms with E-state index in [4.69, 9.17) is 0 Å². The van der Waals surface area contributed by atoms with Crippen molar-refractivity contribution < 1.29 is 23.1 Å². The number of hydrogen-bond donors (Lipinski definition) is 1. The zero-order chi connectivity index (χ0) is 18.1. The van der Waals surface area contributed by atoms with Gasteiger partial charge in [-0.1, -0.05) is 12.8 Å². The number of hydrogen-bond acceptors (Lipinski definition) is 3. The topological polar surface area (TPSA) is 43.8 Å². The van der Waals surface area contributed by atoms with Crippen LogP contribution in [0.15, 0.2) is 0 Å². The molecule has 1 amide bonds. The molecule has 1 N–H and O–H groups in total. The van der Waals surface area contributed by atoms with E-state index < -0.39 is 31.0 Å². The second-order valence-corrected chi connectivity index (χ2v) is 8.11. The minimum Gasteiger partial charge on any atom is -0.392 e. The summed E-state index contributed by atoms with van der Waals surface area (Å²) >= 11 is 0.